The van der Waals surface area contributed by atoms with Crippen molar-refractivity contribution in [3.05, 3.63) is 41.3 Å². The molecule has 1 aromatic heterocycles. The van der Waals surface area contributed by atoms with Crippen LogP contribution < -0.4 is 19.5 Å². The average molecular weight is 434 g/mol. The highest BCUT2D eigenvalue weighted by molar-refractivity contribution is 7.91. The zero-order chi connectivity index (χ0) is 20.7. The molecule has 0 radical (unpaired) electrons. The summed E-state index contributed by atoms with van der Waals surface area (Å²) in [5.74, 6) is -0.430. The van der Waals surface area contributed by atoms with Gasteiger partial charge in [-0.1, -0.05) is 12.1 Å². The van der Waals surface area contributed by atoms with Gasteiger partial charge >= 0.3 is 6.61 Å². The van der Waals surface area contributed by atoms with Gasteiger partial charge in [0.25, 0.3) is 10.0 Å². The number of alkyl halides is 2. The SMILES string of the molecule is COc1ccc(CCNC(=O)C(C)NS(=O)(=O)c2cccs2)cc1OC(F)F. The molecule has 1 amide bonds. The number of ether oxygens (including phenoxy) is 2. The van der Waals surface area contributed by atoms with E-state index in [4.69, 9.17) is 4.74 Å². The summed E-state index contributed by atoms with van der Waals surface area (Å²) in [5, 5.41) is 4.23. The minimum Gasteiger partial charge on any atom is -0.493 e. The predicted molar refractivity (Wildman–Crippen MR) is 100 cm³/mol. The first-order valence-corrected chi connectivity index (χ1v) is 10.5. The molecule has 2 aromatic rings. The van der Waals surface area contributed by atoms with E-state index in [9.17, 15) is 22.0 Å². The molecule has 2 rings (SSSR count). The van der Waals surface area contributed by atoms with Gasteiger partial charge in [0.2, 0.25) is 5.91 Å². The highest BCUT2D eigenvalue weighted by Crippen LogP contribution is 2.29. The summed E-state index contributed by atoms with van der Waals surface area (Å²) in [6.45, 7) is -1.37. The Morgan fingerprint density at radius 1 is 1.25 bits per heavy atom. The van der Waals surface area contributed by atoms with Gasteiger partial charge < -0.3 is 14.8 Å². The van der Waals surface area contributed by atoms with Crippen LogP contribution in [0.1, 0.15) is 12.5 Å². The summed E-state index contributed by atoms with van der Waals surface area (Å²) >= 11 is 1.05. The van der Waals surface area contributed by atoms with Crippen molar-refractivity contribution in [2.45, 2.75) is 30.2 Å². The number of nitrogens with one attached hydrogen (secondary N) is 2. The van der Waals surface area contributed by atoms with Gasteiger partial charge in [0.15, 0.2) is 11.5 Å². The van der Waals surface area contributed by atoms with Crippen LogP contribution in [-0.4, -0.2) is 40.6 Å². The summed E-state index contributed by atoms with van der Waals surface area (Å²) in [5.41, 5.74) is 0.642. The predicted octanol–water partition coefficient (Wildman–Crippen LogP) is 2.38. The van der Waals surface area contributed by atoms with Gasteiger partial charge in [-0.15, -0.1) is 11.3 Å². The summed E-state index contributed by atoms with van der Waals surface area (Å²) < 4.78 is 61.0. The second kappa shape index (κ2) is 9.80. The Morgan fingerprint density at radius 2 is 2.00 bits per heavy atom. The zero-order valence-electron chi connectivity index (χ0n) is 15.1. The number of benzene rings is 1. The molecule has 1 heterocycles. The van der Waals surface area contributed by atoms with E-state index in [0.717, 1.165) is 11.3 Å². The van der Waals surface area contributed by atoms with Crippen molar-refractivity contribution >= 4 is 27.3 Å². The number of hydrogen-bond donors (Lipinski definition) is 2. The van der Waals surface area contributed by atoms with Gasteiger partial charge in [0, 0.05) is 6.54 Å². The van der Waals surface area contributed by atoms with Crippen molar-refractivity contribution in [1.82, 2.24) is 10.0 Å². The topological polar surface area (TPSA) is 93.7 Å². The highest BCUT2D eigenvalue weighted by Gasteiger charge is 2.22. The molecular formula is C17H20F2N2O5S2. The largest absolute Gasteiger partial charge is 0.493 e. The fourth-order valence-electron chi connectivity index (χ4n) is 2.31. The van der Waals surface area contributed by atoms with E-state index >= 15 is 0 Å². The van der Waals surface area contributed by atoms with Crippen LogP contribution >= 0.6 is 11.3 Å². The Morgan fingerprint density at radius 3 is 2.61 bits per heavy atom. The Balaban J connectivity index is 1.89. The van der Waals surface area contributed by atoms with E-state index in [2.05, 4.69) is 14.8 Å². The van der Waals surface area contributed by atoms with Crippen molar-refractivity contribution in [1.29, 1.82) is 0 Å². The normalized spacial score (nSPS) is 12.6. The highest BCUT2D eigenvalue weighted by atomic mass is 32.2. The zero-order valence-corrected chi connectivity index (χ0v) is 16.8. The van der Waals surface area contributed by atoms with E-state index in [1.807, 2.05) is 0 Å². The van der Waals surface area contributed by atoms with Crippen LogP contribution in [0.3, 0.4) is 0 Å². The van der Waals surface area contributed by atoms with Gasteiger partial charge in [0.1, 0.15) is 4.21 Å². The maximum absolute atomic E-state index is 12.5. The lowest BCUT2D eigenvalue weighted by molar-refractivity contribution is -0.122. The molecule has 0 spiro atoms. The summed E-state index contributed by atoms with van der Waals surface area (Å²) in [6, 6.07) is 6.63. The van der Waals surface area contributed by atoms with Gasteiger partial charge in [-0.05, 0) is 42.5 Å². The molecule has 2 N–H and O–H groups in total. The van der Waals surface area contributed by atoms with E-state index in [1.54, 1.807) is 17.5 Å². The quantitative estimate of drug-likeness (QED) is 0.599. The minimum absolute atomic E-state index is 0.0987. The van der Waals surface area contributed by atoms with Crippen LogP contribution in [0.15, 0.2) is 39.9 Å². The molecule has 0 fully saturated rings. The molecule has 0 aliphatic carbocycles. The molecule has 28 heavy (non-hydrogen) atoms. The van der Waals surface area contributed by atoms with E-state index in [-0.39, 0.29) is 22.3 Å². The number of sulfonamides is 1. The fraction of sp³-hybridized carbons (Fsp3) is 0.353. The maximum Gasteiger partial charge on any atom is 0.387 e. The number of carbonyl (C=O) groups is 1. The summed E-state index contributed by atoms with van der Waals surface area (Å²) in [7, 11) is -2.42. The lowest BCUT2D eigenvalue weighted by atomic mass is 10.1. The molecule has 0 aliphatic heterocycles. The van der Waals surface area contributed by atoms with Crippen molar-refractivity contribution in [2.75, 3.05) is 13.7 Å². The van der Waals surface area contributed by atoms with Gasteiger partial charge in [-0.2, -0.15) is 13.5 Å². The molecule has 0 saturated heterocycles. The third-order valence-corrected chi connectivity index (χ3v) is 6.58. The first kappa shape index (κ1) is 22.1. The number of halogens is 2. The van der Waals surface area contributed by atoms with Gasteiger partial charge in [0.05, 0.1) is 13.2 Å². The van der Waals surface area contributed by atoms with Crippen LogP contribution in [0, 0.1) is 0 Å². The van der Waals surface area contributed by atoms with Crippen LogP contribution in [0.25, 0.3) is 0 Å². The van der Waals surface area contributed by atoms with E-state index < -0.39 is 28.6 Å². The Bertz CT molecular complexity index is 889. The van der Waals surface area contributed by atoms with Crippen molar-refractivity contribution in [2.24, 2.45) is 0 Å². The number of amides is 1. The Kier molecular flexibility index (Phi) is 7.72. The molecule has 11 heteroatoms. The Labute approximate surface area is 165 Å². The molecular weight excluding hydrogens is 414 g/mol. The van der Waals surface area contributed by atoms with Gasteiger partial charge in [-0.25, -0.2) is 8.42 Å². The van der Waals surface area contributed by atoms with E-state index in [0.29, 0.717) is 12.0 Å². The third kappa shape index (κ3) is 6.14. The third-order valence-electron chi connectivity index (χ3n) is 3.64. The smallest absolute Gasteiger partial charge is 0.387 e. The maximum atomic E-state index is 12.5. The van der Waals surface area contributed by atoms with Crippen molar-refractivity contribution in [3.63, 3.8) is 0 Å². The number of hydrogen-bond acceptors (Lipinski definition) is 6. The molecule has 1 aromatic carbocycles. The molecule has 154 valence electrons. The fourth-order valence-corrected chi connectivity index (χ4v) is 4.52. The molecule has 0 saturated carbocycles. The standard InChI is InChI=1S/C17H20F2N2O5S2/c1-11(21-28(23,24)15-4-3-9-27-15)16(22)20-8-7-12-5-6-13(25-2)14(10-12)26-17(18)19/h3-6,9-11,17,21H,7-8H2,1-2H3,(H,20,22). The monoisotopic (exact) mass is 434 g/mol. The number of thiophene rings is 1. The van der Waals surface area contributed by atoms with Crippen LogP contribution in [0.5, 0.6) is 11.5 Å². The molecule has 1 atom stereocenters. The number of rotatable bonds is 10. The molecule has 0 aliphatic rings. The lowest BCUT2D eigenvalue weighted by Gasteiger charge is -2.14. The van der Waals surface area contributed by atoms with Crippen LogP contribution in [0.2, 0.25) is 0 Å². The van der Waals surface area contributed by atoms with Crippen LogP contribution in [-0.2, 0) is 21.2 Å². The minimum atomic E-state index is -3.76. The molecule has 0 bridgehead atoms. The second-order valence-electron chi connectivity index (χ2n) is 5.68. The van der Waals surface area contributed by atoms with Crippen LogP contribution in [0.4, 0.5) is 8.78 Å². The first-order chi connectivity index (χ1) is 13.2. The summed E-state index contributed by atoms with van der Waals surface area (Å²) in [4.78, 5) is 12.1. The lowest BCUT2D eigenvalue weighted by Crippen LogP contribution is -2.45. The summed E-state index contributed by atoms with van der Waals surface area (Å²) in [6.07, 6.45) is 0.333. The number of carbonyl (C=O) groups excluding carboxylic acids is 1. The number of methoxy groups -OCH3 is 1. The first-order valence-electron chi connectivity index (χ1n) is 8.18. The van der Waals surface area contributed by atoms with Crippen molar-refractivity contribution in [3.8, 4) is 11.5 Å². The van der Waals surface area contributed by atoms with Gasteiger partial charge in [-0.3, -0.25) is 4.79 Å². The Hall–Kier alpha value is -2.24. The molecule has 7 nitrogen and oxygen atoms in total. The molecule has 1 unspecified atom stereocenters. The van der Waals surface area contributed by atoms with Crippen molar-refractivity contribution < 1.29 is 31.5 Å². The average Bonchev–Trinajstić information content (AvgIpc) is 3.16. The second-order valence-corrected chi connectivity index (χ2v) is 8.57. The van der Waals surface area contributed by atoms with E-state index in [1.165, 1.54) is 32.2 Å².